The third-order valence-corrected chi connectivity index (χ3v) is 5.25. The van der Waals surface area contributed by atoms with Gasteiger partial charge in [-0.1, -0.05) is 30.3 Å². The predicted octanol–water partition coefficient (Wildman–Crippen LogP) is 5.50. The van der Waals surface area contributed by atoms with Crippen molar-refractivity contribution in [3.8, 4) is 0 Å². The van der Waals surface area contributed by atoms with Gasteiger partial charge in [-0.15, -0.1) is 0 Å². The molecule has 0 aliphatic rings. The first-order chi connectivity index (χ1) is 14.2. The van der Waals surface area contributed by atoms with Crippen molar-refractivity contribution in [2.75, 3.05) is 10.6 Å². The Morgan fingerprint density at radius 2 is 1.69 bits per heavy atom. The highest BCUT2D eigenvalue weighted by atomic mass is 32.2. The van der Waals surface area contributed by atoms with Gasteiger partial charge in [-0.05, 0) is 66.9 Å². The Kier molecular flexibility index (Phi) is 5.46. The number of carbonyl (C=O) groups excluding carboxylic acids is 1. The zero-order valence-electron chi connectivity index (χ0n) is 15.8. The minimum absolute atomic E-state index is 0.177. The Hall–Kier alpha value is -3.35. The number of hydrogen-bond donors (Lipinski definition) is 3. The fourth-order valence-corrected chi connectivity index (χ4v) is 3.53. The van der Waals surface area contributed by atoms with Crippen molar-refractivity contribution in [1.29, 1.82) is 0 Å². The SMILES string of the molecule is Cc1cnc2ccccc2c1Nc1ccc(C(=O)Nc2ccccc2SN)cc1. The molecule has 0 saturated heterocycles. The lowest BCUT2D eigenvalue weighted by atomic mass is 10.1. The molecule has 5 nitrogen and oxygen atoms in total. The van der Waals surface area contributed by atoms with Gasteiger partial charge in [-0.2, -0.15) is 0 Å². The van der Waals surface area contributed by atoms with E-state index in [9.17, 15) is 4.79 Å². The number of fused-ring (bicyclic) bond motifs is 1. The highest BCUT2D eigenvalue weighted by Gasteiger charge is 2.10. The molecule has 0 radical (unpaired) electrons. The molecule has 0 bridgehead atoms. The van der Waals surface area contributed by atoms with Crippen molar-refractivity contribution in [2.45, 2.75) is 11.8 Å². The van der Waals surface area contributed by atoms with E-state index in [1.54, 1.807) is 12.1 Å². The van der Waals surface area contributed by atoms with Crippen LogP contribution in [0.3, 0.4) is 0 Å². The maximum Gasteiger partial charge on any atom is 0.255 e. The van der Waals surface area contributed by atoms with Crippen molar-refractivity contribution in [1.82, 2.24) is 4.98 Å². The van der Waals surface area contributed by atoms with Gasteiger partial charge in [-0.25, -0.2) is 0 Å². The quantitative estimate of drug-likeness (QED) is 0.385. The van der Waals surface area contributed by atoms with Gasteiger partial charge in [0.05, 0.1) is 16.9 Å². The van der Waals surface area contributed by atoms with Crippen LogP contribution in [0.25, 0.3) is 10.9 Å². The van der Waals surface area contributed by atoms with Crippen LogP contribution in [0.5, 0.6) is 0 Å². The molecular formula is C23H20N4OS. The van der Waals surface area contributed by atoms with Gasteiger partial charge in [0, 0.05) is 27.7 Å². The molecule has 0 unspecified atom stereocenters. The molecule has 1 heterocycles. The molecule has 4 rings (SSSR count). The number of nitrogens with one attached hydrogen (secondary N) is 2. The van der Waals surface area contributed by atoms with Crippen LogP contribution in [-0.4, -0.2) is 10.9 Å². The molecule has 0 fully saturated rings. The number of benzene rings is 3. The van der Waals surface area contributed by atoms with Crippen LogP contribution in [0, 0.1) is 6.92 Å². The van der Waals surface area contributed by atoms with Crippen molar-refractivity contribution in [3.63, 3.8) is 0 Å². The monoisotopic (exact) mass is 400 g/mol. The predicted molar refractivity (Wildman–Crippen MR) is 121 cm³/mol. The van der Waals surface area contributed by atoms with E-state index in [0.29, 0.717) is 11.3 Å². The maximum absolute atomic E-state index is 12.6. The largest absolute Gasteiger partial charge is 0.355 e. The summed E-state index contributed by atoms with van der Waals surface area (Å²) in [6.45, 7) is 2.02. The zero-order chi connectivity index (χ0) is 20.2. The Labute approximate surface area is 173 Å². The molecule has 0 spiro atoms. The van der Waals surface area contributed by atoms with Crippen LogP contribution in [0.2, 0.25) is 0 Å². The minimum atomic E-state index is -0.177. The number of hydrogen-bond acceptors (Lipinski definition) is 5. The number of nitrogens with two attached hydrogens (primary N) is 1. The second-order valence-corrected chi connectivity index (χ2v) is 7.28. The Bertz CT molecular complexity index is 1180. The van der Waals surface area contributed by atoms with Gasteiger partial charge in [-0.3, -0.25) is 14.9 Å². The molecule has 6 heteroatoms. The zero-order valence-corrected chi connectivity index (χ0v) is 16.7. The Morgan fingerprint density at radius 1 is 0.966 bits per heavy atom. The van der Waals surface area contributed by atoms with E-state index in [4.69, 9.17) is 5.14 Å². The van der Waals surface area contributed by atoms with Crippen LogP contribution in [0.15, 0.2) is 83.9 Å². The first-order valence-electron chi connectivity index (χ1n) is 9.14. The van der Waals surface area contributed by atoms with Gasteiger partial charge in [0.1, 0.15) is 0 Å². The molecule has 4 aromatic rings. The average molecular weight is 401 g/mol. The topological polar surface area (TPSA) is 80.0 Å². The summed E-state index contributed by atoms with van der Waals surface area (Å²) in [5.74, 6) is -0.177. The standard InChI is InChI=1S/C23H20N4OS/c1-15-14-25-19-7-3-2-6-18(19)22(15)26-17-12-10-16(11-13-17)23(28)27-20-8-4-5-9-21(20)29-24/h2-14H,24H2,1H3,(H,25,26)(H,27,28). The Morgan fingerprint density at radius 3 is 2.48 bits per heavy atom. The molecule has 144 valence electrons. The number of anilines is 3. The smallest absolute Gasteiger partial charge is 0.255 e. The number of carbonyl (C=O) groups is 1. The summed E-state index contributed by atoms with van der Waals surface area (Å²) in [6, 6.07) is 22.9. The molecule has 0 aliphatic heterocycles. The normalized spacial score (nSPS) is 10.7. The first kappa shape index (κ1) is 19.0. The number of aromatic nitrogens is 1. The summed E-state index contributed by atoms with van der Waals surface area (Å²) >= 11 is 1.11. The molecule has 1 aromatic heterocycles. The lowest BCUT2D eigenvalue weighted by molar-refractivity contribution is 0.102. The molecule has 0 aliphatic carbocycles. The Balaban J connectivity index is 1.54. The number of rotatable bonds is 5. The van der Waals surface area contributed by atoms with Crippen LogP contribution in [0.4, 0.5) is 17.1 Å². The van der Waals surface area contributed by atoms with Gasteiger partial charge in [0.25, 0.3) is 5.91 Å². The highest BCUT2D eigenvalue weighted by molar-refractivity contribution is 7.97. The molecule has 29 heavy (non-hydrogen) atoms. The minimum Gasteiger partial charge on any atom is -0.355 e. The van der Waals surface area contributed by atoms with Crippen molar-refractivity contribution in [2.24, 2.45) is 5.14 Å². The summed E-state index contributed by atoms with van der Waals surface area (Å²) in [4.78, 5) is 17.9. The number of para-hydroxylation sites is 2. The van der Waals surface area contributed by atoms with E-state index in [2.05, 4.69) is 15.6 Å². The highest BCUT2D eigenvalue weighted by Crippen LogP contribution is 2.29. The van der Waals surface area contributed by atoms with Crippen LogP contribution >= 0.6 is 11.9 Å². The maximum atomic E-state index is 12.6. The van der Waals surface area contributed by atoms with E-state index >= 15 is 0 Å². The first-order valence-corrected chi connectivity index (χ1v) is 10.0. The third kappa shape index (κ3) is 4.08. The van der Waals surface area contributed by atoms with E-state index < -0.39 is 0 Å². The molecule has 0 saturated carbocycles. The van der Waals surface area contributed by atoms with E-state index in [0.717, 1.165) is 44.7 Å². The molecular weight excluding hydrogens is 380 g/mol. The fourth-order valence-electron chi connectivity index (χ4n) is 3.12. The summed E-state index contributed by atoms with van der Waals surface area (Å²) in [5, 5.41) is 13.1. The lowest BCUT2D eigenvalue weighted by Crippen LogP contribution is -2.12. The fraction of sp³-hybridized carbons (Fsp3) is 0.0435. The van der Waals surface area contributed by atoms with Gasteiger partial charge >= 0.3 is 0 Å². The van der Waals surface area contributed by atoms with E-state index in [1.165, 1.54) is 0 Å². The summed E-state index contributed by atoms with van der Waals surface area (Å²) < 4.78 is 0. The van der Waals surface area contributed by atoms with Gasteiger partial charge in [0.15, 0.2) is 0 Å². The summed E-state index contributed by atoms with van der Waals surface area (Å²) in [6.07, 6.45) is 1.86. The van der Waals surface area contributed by atoms with Crippen LogP contribution in [-0.2, 0) is 0 Å². The third-order valence-electron chi connectivity index (χ3n) is 4.64. The van der Waals surface area contributed by atoms with Crippen molar-refractivity contribution >= 4 is 45.8 Å². The van der Waals surface area contributed by atoms with Gasteiger partial charge < -0.3 is 10.6 Å². The molecule has 4 N–H and O–H groups in total. The second-order valence-electron chi connectivity index (χ2n) is 6.60. The van der Waals surface area contributed by atoms with E-state index in [1.807, 2.05) is 73.8 Å². The van der Waals surface area contributed by atoms with Crippen molar-refractivity contribution < 1.29 is 4.79 Å². The molecule has 3 aromatic carbocycles. The lowest BCUT2D eigenvalue weighted by Gasteiger charge is -2.13. The van der Waals surface area contributed by atoms with Crippen LogP contribution in [0.1, 0.15) is 15.9 Å². The van der Waals surface area contributed by atoms with Crippen molar-refractivity contribution in [3.05, 3.63) is 90.1 Å². The molecule has 1 amide bonds. The van der Waals surface area contributed by atoms with E-state index in [-0.39, 0.29) is 5.91 Å². The van der Waals surface area contributed by atoms with Gasteiger partial charge in [0.2, 0.25) is 0 Å². The number of amides is 1. The summed E-state index contributed by atoms with van der Waals surface area (Å²) in [7, 11) is 0. The second kappa shape index (κ2) is 8.34. The molecule has 0 atom stereocenters. The number of nitrogens with zero attached hydrogens (tertiary/aromatic N) is 1. The number of pyridine rings is 1. The average Bonchev–Trinajstić information content (AvgIpc) is 2.76. The summed E-state index contributed by atoms with van der Waals surface area (Å²) in [5.41, 5.74) is 5.19. The number of aryl methyl sites for hydroxylation is 1. The van der Waals surface area contributed by atoms with Crippen LogP contribution < -0.4 is 15.8 Å².